The Kier molecular flexibility index (Phi) is 5.65. The summed E-state index contributed by atoms with van der Waals surface area (Å²) < 4.78 is 44.7. The van der Waals surface area contributed by atoms with Crippen molar-refractivity contribution in [2.75, 3.05) is 13.7 Å². The second-order valence-corrected chi connectivity index (χ2v) is 5.62. The molecule has 1 aromatic carbocycles. The summed E-state index contributed by atoms with van der Waals surface area (Å²) in [6.45, 7) is 0.366. The highest BCUT2D eigenvalue weighted by atomic mass is 19.4. The van der Waals surface area contributed by atoms with Gasteiger partial charge in [-0.15, -0.1) is 0 Å². The Bertz CT molecular complexity index is 421. The number of methoxy groups -OCH3 is 1. The third kappa shape index (κ3) is 4.45. The molecule has 1 saturated carbocycles. The molecule has 0 aliphatic heterocycles. The van der Waals surface area contributed by atoms with Gasteiger partial charge in [0.05, 0.1) is 18.6 Å². The summed E-state index contributed by atoms with van der Waals surface area (Å²) in [5, 5.41) is 3.18. The maximum atomic E-state index is 13.2. The molecule has 0 spiro atoms. The molecule has 0 amide bonds. The lowest BCUT2D eigenvalue weighted by Gasteiger charge is -2.36. The molecule has 0 aromatic heterocycles. The highest BCUT2D eigenvalue weighted by molar-refractivity contribution is 5.19. The van der Waals surface area contributed by atoms with Gasteiger partial charge in [-0.25, -0.2) is 0 Å². The summed E-state index contributed by atoms with van der Waals surface area (Å²) in [4.78, 5) is 0. The van der Waals surface area contributed by atoms with Crippen LogP contribution in [0.1, 0.15) is 37.3 Å². The van der Waals surface area contributed by atoms with Crippen LogP contribution in [0.5, 0.6) is 0 Å². The van der Waals surface area contributed by atoms with Crippen molar-refractivity contribution in [1.82, 2.24) is 5.32 Å². The van der Waals surface area contributed by atoms with Gasteiger partial charge in [0.15, 0.2) is 0 Å². The van der Waals surface area contributed by atoms with E-state index in [1.165, 1.54) is 0 Å². The molecule has 5 heteroatoms. The van der Waals surface area contributed by atoms with Gasteiger partial charge in [-0.3, -0.25) is 0 Å². The number of rotatable bonds is 5. The van der Waals surface area contributed by atoms with Crippen molar-refractivity contribution in [2.24, 2.45) is 5.92 Å². The van der Waals surface area contributed by atoms with Crippen LogP contribution >= 0.6 is 0 Å². The van der Waals surface area contributed by atoms with E-state index in [-0.39, 0.29) is 12.5 Å². The van der Waals surface area contributed by atoms with Crippen molar-refractivity contribution >= 4 is 0 Å². The van der Waals surface area contributed by atoms with Gasteiger partial charge < -0.3 is 10.1 Å². The molecular formula is C16H22F3NO. The zero-order valence-electron chi connectivity index (χ0n) is 12.2. The van der Waals surface area contributed by atoms with Gasteiger partial charge in [-0.1, -0.05) is 43.2 Å². The first-order chi connectivity index (χ1) is 10.0. The lowest BCUT2D eigenvalue weighted by Crippen LogP contribution is -2.47. The molecule has 1 aliphatic carbocycles. The maximum absolute atomic E-state index is 13.2. The second kappa shape index (κ2) is 7.27. The SMILES string of the molecule is COCC(NC1CCCCC1C(F)(F)F)c1ccccc1. The summed E-state index contributed by atoms with van der Waals surface area (Å²) >= 11 is 0. The van der Waals surface area contributed by atoms with Gasteiger partial charge in [-0.2, -0.15) is 13.2 Å². The van der Waals surface area contributed by atoms with Crippen molar-refractivity contribution in [3.63, 3.8) is 0 Å². The minimum atomic E-state index is -4.13. The zero-order valence-corrected chi connectivity index (χ0v) is 12.2. The highest BCUT2D eigenvalue weighted by Crippen LogP contribution is 2.38. The first-order valence-electron chi connectivity index (χ1n) is 7.39. The van der Waals surface area contributed by atoms with E-state index >= 15 is 0 Å². The Morgan fingerprint density at radius 1 is 1.19 bits per heavy atom. The van der Waals surface area contributed by atoms with Gasteiger partial charge in [-0.05, 0) is 18.4 Å². The molecule has 3 unspecified atom stereocenters. The number of ether oxygens (including phenoxy) is 1. The minimum absolute atomic E-state index is 0.204. The first kappa shape index (κ1) is 16.3. The van der Waals surface area contributed by atoms with Crippen molar-refractivity contribution in [1.29, 1.82) is 0 Å². The molecule has 1 fully saturated rings. The second-order valence-electron chi connectivity index (χ2n) is 5.62. The van der Waals surface area contributed by atoms with Crippen molar-refractivity contribution in [3.8, 4) is 0 Å². The Morgan fingerprint density at radius 3 is 2.48 bits per heavy atom. The standard InChI is InChI=1S/C16H22F3NO/c1-21-11-15(12-7-3-2-4-8-12)20-14-10-6-5-9-13(14)16(17,18)19/h2-4,7-8,13-15,20H,5-6,9-11H2,1H3. The smallest absolute Gasteiger partial charge is 0.383 e. The molecule has 3 atom stereocenters. The Labute approximate surface area is 123 Å². The Hall–Kier alpha value is -1.07. The summed E-state index contributed by atoms with van der Waals surface area (Å²) in [7, 11) is 1.57. The van der Waals surface area contributed by atoms with Gasteiger partial charge in [0.2, 0.25) is 0 Å². The summed E-state index contributed by atoms with van der Waals surface area (Å²) in [5.74, 6) is -1.26. The van der Waals surface area contributed by atoms with Crippen LogP contribution in [0.4, 0.5) is 13.2 Å². The summed E-state index contributed by atoms with van der Waals surface area (Å²) in [6.07, 6.45) is -1.85. The molecule has 0 heterocycles. The van der Waals surface area contributed by atoms with Crippen LogP contribution in [-0.4, -0.2) is 25.9 Å². The third-order valence-electron chi connectivity index (χ3n) is 4.14. The molecule has 2 rings (SSSR count). The summed E-state index contributed by atoms with van der Waals surface area (Å²) in [5.41, 5.74) is 0.964. The van der Waals surface area contributed by atoms with Crippen molar-refractivity contribution in [3.05, 3.63) is 35.9 Å². The number of alkyl halides is 3. The lowest BCUT2D eigenvalue weighted by molar-refractivity contribution is -0.189. The fourth-order valence-corrected chi connectivity index (χ4v) is 3.07. The molecule has 0 radical (unpaired) electrons. The largest absolute Gasteiger partial charge is 0.393 e. The van der Waals surface area contributed by atoms with Crippen molar-refractivity contribution < 1.29 is 17.9 Å². The molecule has 1 N–H and O–H groups in total. The summed E-state index contributed by atoms with van der Waals surface area (Å²) in [6, 6.07) is 8.78. The normalized spacial score (nSPS) is 24.8. The zero-order chi connectivity index (χ0) is 15.3. The van der Waals surface area contributed by atoms with Crippen LogP contribution in [0, 0.1) is 5.92 Å². The van der Waals surface area contributed by atoms with E-state index in [2.05, 4.69) is 5.32 Å². The van der Waals surface area contributed by atoms with Crippen LogP contribution in [0.25, 0.3) is 0 Å². The molecule has 118 valence electrons. The average Bonchev–Trinajstić information content (AvgIpc) is 2.47. The molecule has 2 nitrogen and oxygen atoms in total. The van der Waals surface area contributed by atoms with Gasteiger partial charge in [0.25, 0.3) is 0 Å². The van der Waals surface area contributed by atoms with E-state index in [9.17, 15) is 13.2 Å². The quantitative estimate of drug-likeness (QED) is 0.884. The van der Waals surface area contributed by atoms with E-state index in [4.69, 9.17) is 4.74 Å². The van der Waals surface area contributed by atoms with Crippen LogP contribution in [0.2, 0.25) is 0 Å². The minimum Gasteiger partial charge on any atom is -0.383 e. The molecule has 0 bridgehead atoms. The topological polar surface area (TPSA) is 21.3 Å². The molecule has 1 aliphatic rings. The van der Waals surface area contributed by atoms with E-state index in [0.717, 1.165) is 12.0 Å². The molecular weight excluding hydrogens is 279 g/mol. The van der Waals surface area contributed by atoms with Crippen molar-refractivity contribution in [2.45, 2.75) is 43.9 Å². The fourth-order valence-electron chi connectivity index (χ4n) is 3.07. The van der Waals surface area contributed by atoms with E-state index in [1.807, 2.05) is 30.3 Å². The van der Waals surface area contributed by atoms with E-state index < -0.39 is 18.1 Å². The highest BCUT2D eigenvalue weighted by Gasteiger charge is 2.45. The predicted molar refractivity (Wildman–Crippen MR) is 76.0 cm³/mol. The number of nitrogens with one attached hydrogen (secondary N) is 1. The van der Waals surface area contributed by atoms with Crippen LogP contribution < -0.4 is 5.32 Å². The monoisotopic (exact) mass is 301 g/mol. The van der Waals surface area contributed by atoms with Gasteiger partial charge in [0.1, 0.15) is 0 Å². The fraction of sp³-hybridized carbons (Fsp3) is 0.625. The Morgan fingerprint density at radius 2 is 1.86 bits per heavy atom. The maximum Gasteiger partial charge on any atom is 0.393 e. The average molecular weight is 301 g/mol. The molecule has 1 aromatic rings. The van der Waals surface area contributed by atoms with E-state index in [0.29, 0.717) is 19.4 Å². The molecule has 0 saturated heterocycles. The number of halogens is 3. The van der Waals surface area contributed by atoms with Crippen LogP contribution in [0.15, 0.2) is 30.3 Å². The van der Waals surface area contributed by atoms with Crippen LogP contribution in [0.3, 0.4) is 0 Å². The van der Waals surface area contributed by atoms with E-state index in [1.54, 1.807) is 7.11 Å². The molecule has 21 heavy (non-hydrogen) atoms. The van der Waals surface area contributed by atoms with Gasteiger partial charge in [0, 0.05) is 13.2 Å². The third-order valence-corrected chi connectivity index (χ3v) is 4.14. The number of benzene rings is 1. The number of hydrogen-bond donors (Lipinski definition) is 1. The first-order valence-corrected chi connectivity index (χ1v) is 7.39. The lowest BCUT2D eigenvalue weighted by atomic mass is 9.83. The predicted octanol–water partition coefficient (Wildman–Crippen LogP) is 4.08. The van der Waals surface area contributed by atoms with Crippen LogP contribution in [-0.2, 0) is 4.74 Å². The van der Waals surface area contributed by atoms with Gasteiger partial charge >= 0.3 is 6.18 Å². The Balaban J connectivity index is 2.11. The number of hydrogen-bond acceptors (Lipinski definition) is 2.